The van der Waals surface area contributed by atoms with Crippen molar-refractivity contribution in [2.24, 2.45) is 5.73 Å². The second kappa shape index (κ2) is 5.96. The van der Waals surface area contributed by atoms with Crippen molar-refractivity contribution in [3.63, 3.8) is 0 Å². The number of likely N-dealkylation sites (tertiary alicyclic amines) is 1. The van der Waals surface area contributed by atoms with Gasteiger partial charge in [0.15, 0.2) is 0 Å². The van der Waals surface area contributed by atoms with E-state index in [0.717, 1.165) is 29.3 Å². The molecule has 2 aliphatic heterocycles. The van der Waals surface area contributed by atoms with Gasteiger partial charge in [-0.15, -0.1) is 11.3 Å². The van der Waals surface area contributed by atoms with Gasteiger partial charge in [0.25, 0.3) is 0 Å². The van der Waals surface area contributed by atoms with Crippen LogP contribution in [0.2, 0.25) is 0 Å². The molecule has 1 aromatic heterocycles. The van der Waals surface area contributed by atoms with Gasteiger partial charge in [0.1, 0.15) is 0 Å². The Hall–Kier alpha value is -0.470. The largest absolute Gasteiger partial charge is 0.326 e. The molecular weight excluding hydrogens is 306 g/mol. The first kappa shape index (κ1) is 15.4. The van der Waals surface area contributed by atoms with Crippen LogP contribution >= 0.6 is 11.3 Å². The van der Waals surface area contributed by atoms with Crippen molar-refractivity contribution >= 4 is 21.4 Å². The maximum Gasteiger partial charge on any atom is 0.244 e. The molecule has 3 rings (SSSR count). The van der Waals surface area contributed by atoms with Crippen LogP contribution in [0.15, 0.2) is 11.0 Å². The van der Waals surface area contributed by atoms with Crippen LogP contribution in [0.3, 0.4) is 0 Å². The molecule has 0 saturated carbocycles. The van der Waals surface area contributed by atoms with Gasteiger partial charge in [0, 0.05) is 35.4 Å². The monoisotopic (exact) mass is 329 g/mol. The topological polar surface area (TPSA) is 66.6 Å². The molecule has 1 aromatic rings. The number of sulfonamides is 1. The van der Waals surface area contributed by atoms with Crippen molar-refractivity contribution in [2.75, 3.05) is 26.2 Å². The van der Waals surface area contributed by atoms with Gasteiger partial charge in [-0.3, -0.25) is 4.90 Å². The summed E-state index contributed by atoms with van der Waals surface area (Å²) in [5, 5.41) is 0. The Bertz CT molecular complexity index is 606. The lowest BCUT2D eigenvalue weighted by Gasteiger charge is -2.23. The first-order valence-electron chi connectivity index (χ1n) is 7.56. The van der Waals surface area contributed by atoms with E-state index >= 15 is 0 Å². The summed E-state index contributed by atoms with van der Waals surface area (Å²) in [5.41, 5.74) is 5.63. The molecule has 0 aliphatic carbocycles. The molecule has 2 aliphatic rings. The average molecular weight is 329 g/mol. The molecule has 1 unspecified atom stereocenters. The number of aryl methyl sites for hydroxylation is 1. The summed E-state index contributed by atoms with van der Waals surface area (Å²) in [6.45, 7) is 5.77. The van der Waals surface area contributed by atoms with Crippen molar-refractivity contribution in [2.45, 2.75) is 43.7 Å². The Balaban J connectivity index is 1.77. The molecule has 0 aromatic carbocycles. The fourth-order valence-corrected chi connectivity index (χ4v) is 6.33. The molecule has 0 spiro atoms. The van der Waals surface area contributed by atoms with E-state index in [4.69, 9.17) is 5.73 Å². The van der Waals surface area contributed by atoms with Crippen molar-refractivity contribution in [1.29, 1.82) is 0 Å². The zero-order valence-electron chi connectivity index (χ0n) is 12.4. The van der Waals surface area contributed by atoms with Crippen molar-refractivity contribution in [3.8, 4) is 0 Å². The van der Waals surface area contributed by atoms with E-state index in [1.807, 2.05) is 6.92 Å². The van der Waals surface area contributed by atoms with Crippen LogP contribution in [0.4, 0.5) is 0 Å². The second-order valence-electron chi connectivity index (χ2n) is 5.89. The van der Waals surface area contributed by atoms with Crippen molar-refractivity contribution in [3.05, 3.63) is 15.8 Å². The lowest BCUT2D eigenvalue weighted by Crippen LogP contribution is -2.37. The molecule has 2 N–H and O–H groups in total. The molecule has 1 atom stereocenters. The third-order valence-electron chi connectivity index (χ3n) is 4.53. The molecule has 2 saturated heterocycles. The van der Waals surface area contributed by atoms with Crippen LogP contribution in [0, 0.1) is 6.92 Å². The average Bonchev–Trinajstić information content (AvgIpc) is 3.18. The molecule has 0 bridgehead atoms. The van der Waals surface area contributed by atoms with Gasteiger partial charge >= 0.3 is 0 Å². The molecule has 118 valence electrons. The summed E-state index contributed by atoms with van der Waals surface area (Å²) in [4.78, 5) is 4.68. The fraction of sp³-hybridized carbons (Fsp3) is 0.714. The Morgan fingerprint density at radius 2 is 2.05 bits per heavy atom. The van der Waals surface area contributed by atoms with Gasteiger partial charge in [-0.25, -0.2) is 8.42 Å². The van der Waals surface area contributed by atoms with E-state index in [9.17, 15) is 8.42 Å². The van der Waals surface area contributed by atoms with Gasteiger partial charge in [-0.2, -0.15) is 4.31 Å². The molecule has 7 heteroatoms. The lowest BCUT2D eigenvalue weighted by atomic mass is 10.2. The van der Waals surface area contributed by atoms with Crippen LogP contribution in [0.5, 0.6) is 0 Å². The normalized spacial score (nSPS) is 25.0. The fourth-order valence-electron chi connectivity index (χ4n) is 3.35. The van der Waals surface area contributed by atoms with Gasteiger partial charge in [-0.1, -0.05) is 0 Å². The first-order valence-corrected chi connectivity index (χ1v) is 9.81. The number of nitrogens with two attached hydrogens (primary N) is 1. The molecule has 5 nitrogen and oxygen atoms in total. The Morgan fingerprint density at radius 1 is 1.33 bits per heavy atom. The maximum atomic E-state index is 12.8. The van der Waals surface area contributed by atoms with Gasteiger partial charge in [0.05, 0.1) is 4.90 Å². The summed E-state index contributed by atoms with van der Waals surface area (Å²) in [6.07, 6.45) is 3.44. The molecular formula is C14H23N3O2S2. The van der Waals surface area contributed by atoms with Gasteiger partial charge in [-0.05, 0) is 45.3 Å². The minimum atomic E-state index is -3.36. The molecule has 3 heterocycles. The summed E-state index contributed by atoms with van der Waals surface area (Å²) in [5.74, 6) is 0. The van der Waals surface area contributed by atoms with E-state index in [-0.39, 0.29) is 0 Å². The summed E-state index contributed by atoms with van der Waals surface area (Å²) >= 11 is 1.48. The lowest BCUT2D eigenvalue weighted by molar-refractivity contribution is 0.251. The maximum absolute atomic E-state index is 12.8. The van der Waals surface area contributed by atoms with Crippen LogP contribution < -0.4 is 5.73 Å². The first-order chi connectivity index (χ1) is 10.0. The van der Waals surface area contributed by atoms with E-state index in [0.29, 0.717) is 30.6 Å². The van der Waals surface area contributed by atoms with E-state index in [1.165, 1.54) is 24.2 Å². The van der Waals surface area contributed by atoms with Crippen LogP contribution in [-0.2, 0) is 16.6 Å². The number of hydrogen-bond acceptors (Lipinski definition) is 5. The summed E-state index contributed by atoms with van der Waals surface area (Å²) < 4.78 is 27.3. The van der Waals surface area contributed by atoms with Crippen LogP contribution in [0.1, 0.15) is 29.0 Å². The van der Waals surface area contributed by atoms with E-state index in [1.54, 1.807) is 10.4 Å². The van der Waals surface area contributed by atoms with Crippen LogP contribution in [-0.4, -0.2) is 49.8 Å². The van der Waals surface area contributed by atoms with Gasteiger partial charge < -0.3 is 5.73 Å². The Kier molecular flexibility index (Phi) is 4.38. The predicted octanol–water partition coefficient (Wildman–Crippen LogP) is 1.37. The minimum absolute atomic E-state index is 0.398. The molecule has 21 heavy (non-hydrogen) atoms. The molecule has 0 radical (unpaired) electrons. The number of nitrogens with zero attached hydrogens (tertiary/aromatic N) is 2. The SMILES string of the molecule is Cc1sc(CN)cc1S(=O)(=O)N1CCC(N2CCCC2)C1. The highest BCUT2D eigenvalue weighted by Crippen LogP contribution is 2.31. The minimum Gasteiger partial charge on any atom is -0.326 e. The van der Waals surface area contributed by atoms with Crippen molar-refractivity contribution in [1.82, 2.24) is 9.21 Å². The number of hydrogen-bond donors (Lipinski definition) is 1. The van der Waals surface area contributed by atoms with Crippen LogP contribution in [0.25, 0.3) is 0 Å². The number of thiophene rings is 1. The highest BCUT2D eigenvalue weighted by Gasteiger charge is 2.36. The van der Waals surface area contributed by atoms with E-state index < -0.39 is 10.0 Å². The van der Waals surface area contributed by atoms with Gasteiger partial charge in [0.2, 0.25) is 10.0 Å². The quantitative estimate of drug-likeness (QED) is 0.906. The highest BCUT2D eigenvalue weighted by atomic mass is 32.2. The highest BCUT2D eigenvalue weighted by molar-refractivity contribution is 7.89. The molecule has 0 amide bonds. The predicted molar refractivity (Wildman–Crippen MR) is 84.9 cm³/mol. The summed E-state index contributed by atoms with van der Waals surface area (Å²) in [6, 6.07) is 2.15. The summed E-state index contributed by atoms with van der Waals surface area (Å²) in [7, 11) is -3.36. The zero-order chi connectivity index (χ0) is 15.0. The second-order valence-corrected chi connectivity index (χ2v) is 9.13. The number of rotatable bonds is 4. The van der Waals surface area contributed by atoms with E-state index in [2.05, 4.69) is 4.90 Å². The van der Waals surface area contributed by atoms with Crippen molar-refractivity contribution < 1.29 is 8.42 Å². The Labute approximate surface area is 130 Å². The smallest absolute Gasteiger partial charge is 0.244 e. The third kappa shape index (κ3) is 2.90. The third-order valence-corrected chi connectivity index (χ3v) is 7.72. The standard InChI is InChI=1S/C14H23N3O2S2/c1-11-14(8-13(9-15)20-11)21(18,19)17-7-4-12(10-17)16-5-2-3-6-16/h8,12H,2-7,9-10,15H2,1H3. The zero-order valence-corrected chi connectivity index (χ0v) is 14.0. The molecule has 2 fully saturated rings. The Morgan fingerprint density at radius 3 is 2.67 bits per heavy atom.